The maximum absolute atomic E-state index is 13.1. The molecule has 0 aliphatic heterocycles. The van der Waals surface area contributed by atoms with Gasteiger partial charge < -0.3 is 4.90 Å². The highest BCUT2D eigenvalue weighted by Crippen LogP contribution is 2.35. The van der Waals surface area contributed by atoms with Crippen molar-refractivity contribution >= 4 is 26.3 Å². The first-order chi connectivity index (χ1) is 12.5. The Bertz CT molecular complexity index is 1020. The standard InChI is InChI=1S/C17H13ClF3N3O2S/c1-24(2)10-16(11-3-5-13(18)6-4-11)27(25,26)15-7-12(17(19,20)21)9-23-14(15)8-22/h3-7,9-10H,1-2H3. The topological polar surface area (TPSA) is 74.1 Å². The number of hydrogen-bond donors (Lipinski definition) is 0. The molecule has 2 aromatic rings. The van der Waals surface area contributed by atoms with Crippen LogP contribution in [0.4, 0.5) is 13.2 Å². The van der Waals surface area contributed by atoms with Crippen LogP contribution in [0.1, 0.15) is 16.8 Å². The van der Waals surface area contributed by atoms with Crippen LogP contribution in [0.25, 0.3) is 4.91 Å². The van der Waals surface area contributed by atoms with Gasteiger partial charge in [-0.1, -0.05) is 23.7 Å². The highest BCUT2D eigenvalue weighted by atomic mass is 35.5. The minimum Gasteiger partial charge on any atom is -0.382 e. The Balaban J connectivity index is 2.77. The predicted octanol–water partition coefficient (Wildman–Crippen LogP) is 3.96. The lowest BCUT2D eigenvalue weighted by Crippen LogP contribution is -2.14. The molecule has 2 rings (SSSR count). The maximum Gasteiger partial charge on any atom is 0.417 e. The van der Waals surface area contributed by atoms with Crippen LogP contribution in [0, 0.1) is 11.3 Å². The molecular formula is C17H13ClF3N3O2S. The summed E-state index contributed by atoms with van der Waals surface area (Å²) < 4.78 is 65.3. The van der Waals surface area contributed by atoms with Crippen molar-refractivity contribution < 1.29 is 21.6 Å². The van der Waals surface area contributed by atoms with Gasteiger partial charge in [-0.25, -0.2) is 13.4 Å². The summed E-state index contributed by atoms with van der Waals surface area (Å²) in [5.41, 5.74) is -1.68. The van der Waals surface area contributed by atoms with Crippen molar-refractivity contribution in [2.45, 2.75) is 11.1 Å². The first kappa shape index (κ1) is 20.7. The Morgan fingerprint density at radius 2 is 1.85 bits per heavy atom. The molecule has 0 aliphatic carbocycles. The van der Waals surface area contributed by atoms with Gasteiger partial charge >= 0.3 is 6.18 Å². The van der Waals surface area contributed by atoms with E-state index in [1.165, 1.54) is 41.4 Å². The molecule has 10 heteroatoms. The molecule has 1 aromatic heterocycles. The van der Waals surface area contributed by atoms with Gasteiger partial charge in [0, 0.05) is 31.5 Å². The average molecular weight is 416 g/mol. The van der Waals surface area contributed by atoms with Crippen LogP contribution in [0.2, 0.25) is 5.02 Å². The third-order valence-corrected chi connectivity index (χ3v) is 5.43. The minimum absolute atomic E-state index is 0.203. The first-order valence-electron chi connectivity index (χ1n) is 7.33. The smallest absolute Gasteiger partial charge is 0.382 e. The lowest BCUT2D eigenvalue weighted by atomic mass is 10.2. The fourth-order valence-electron chi connectivity index (χ4n) is 2.15. The Morgan fingerprint density at radius 1 is 1.26 bits per heavy atom. The molecule has 1 heterocycles. The van der Waals surface area contributed by atoms with Crippen LogP contribution in [0.3, 0.4) is 0 Å². The van der Waals surface area contributed by atoms with Gasteiger partial charge in [-0.05, 0) is 23.8 Å². The van der Waals surface area contributed by atoms with Crippen LogP contribution in [-0.4, -0.2) is 32.4 Å². The first-order valence-corrected chi connectivity index (χ1v) is 9.19. The van der Waals surface area contributed by atoms with Crippen molar-refractivity contribution in [1.29, 1.82) is 5.26 Å². The van der Waals surface area contributed by atoms with Crippen molar-refractivity contribution in [2.75, 3.05) is 14.1 Å². The molecule has 0 bridgehead atoms. The number of rotatable bonds is 4. The summed E-state index contributed by atoms with van der Waals surface area (Å²) in [6.45, 7) is 0. The molecule has 142 valence electrons. The van der Waals surface area contributed by atoms with Gasteiger partial charge in [-0.2, -0.15) is 18.4 Å². The van der Waals surface area contributed by atoms with E-state index in [1.807, 2.05) is 0 Å². The van der Waals surface area contributed by atoms with E-state index in [0.29, 0.717) is 17.3 Å². The zero-order valence-corrected chi connectivity index (χ0v) is 15.7. The van der Waals surface area contributed by atoms with Crippen molar-refractivity contribution in [3.8, 4) is 6.07 Å². The van der Waals surface area contributed by atoms with E-state index in [2.05, 4.69) is 4.98 Å². The maximum atomic E-state index is 13.1. The fraction of sp³-hybridized carbons (Fsp3) is 0.176. The van der Waals surface area contributed by atoms with Crippen LogP contribution in [0.15, 0.2) is 47.6 Å². The number of halogens is 4. The molecule has 0 saturated heterocycles. The summed E-state index contributed by atoms with van der Waals surface area (Å²) in [4.78, 5) is 3.70. The number of benzene rings is 1. The van der Waals surface area contributed by atoms with Crippen LogP contribution in [0.5, 0.6) is 0 Å². The molecule has 0 radical (unpaired) electrons. The van der Waals surface area contributed by atoms with E-state index in [1.54, 1.807) is 14.1 Å². The Kier molecular flexibility index (Phi) is 5.82. The molecule has 5 nitrogen and oxygen atoms in total. The van der Waals surface area contributed by atoms with E-state index >= 15 is 0 Å². The Labute approximate surface area is 159 Å². The third kappa shape index (κ3) is 4.59. The number of pyridine rings is 1. The quantitative estimate of drug-likeness (QED) is 0.755. The van der Waals surface area contributed by atoms with Crippen molar-refractivity contribution in [3.05, 3.63) is 64.6 Å². The lowest BCUT2D eigenvalue weighted by Gasteiger charge is -2.15. The van der Waals surface area contributed by atoms with E-state index < -0.39 is 32.2 Å². The number of nitriles is 1. The Morgan fingerprint density at radius 3 is 2.33 bits per heavy atom. The van der Waals surface area contributed by atoms with E-state index in [0.717, 1.165) is 0 Å². The molecule has 0 atom stereocenters. The van der Waals surface area contributed by atoms with Gasteiger partial charge in [0.25, 0.3) is 0 Å². The predicted molar refractivity (Wildman–Crippen MR) is 94.3 cm³/mol. The average Bonchev–Trinajstić information content (AvgIpc) is 2.59. The van der Waals surface area contributed by atoms with Crippen molar-refractivity contribution in [1.82, 2.24) is 9.88 Å². The van der Waals surface area contributed by atoms with E-state index in [4.69, 9.17) is 16.9 Å². The molecule has 1 aromatic carbocycles. The second-order valence-corrected chi connectivity index (χ2v) is 7.97. The van der Waals surface area contributed by atoms with Crippen LogP contribution >= 0.6 is 11.6 Å². The second-order valence-electron chi connectivity index (χ2n) is 5.65. The van der Waals surface area contributed by atoms with Gasteiger partial charge in [0.2, 0.25) is 9.84 Å². The third-order valence-electron chi connectivity index (χ3n) is 3.37. The summed E-state index contributed by atoms with van der Waals surface area (Å²) in [7, 11) is -1.38. The molecule has 0 spiro atoms. The summed E-state index contributed by atoms with van der Waals surface area (Å²) in [5.74, 6) is 0. The zero-order chi connectivity index (χ0) is 20.4. The van der Waals surface area contributed by atoms with Crippen LogP contribution < -0.4 is 0 Å². The normalized spacial score (nSPS) is 12.6. The van der Waals surface area contributed by atoms with E-state index in [9.17, 15) is 21.6 Å². The molecule has 0 amide bonds. The molecule has 0 fully saturated rings. The molecule has 0 unspecified atom stereocenters. The van der Waals surface area contributed by atoms with Crippen molar-refractivity contribution in [3.63, 3.8) is 0 Å². The SMILES string of the molecule is CN(C)C=C(c1ccc(Cl)cc1)S(=O)(=O)c1cc(C(F)(F)F)cnc1C#N. The molecule has 0 aliphatic rings. The zero-order valence-electron chi connectivity index (χ0n) is 14.1. The highest BCUT2D eigenvalue weighted by Gasteiger charge is 2.35. The molecular weight excluding hydrogens is 403 g/mol. The Hall–Kier alpha value is -2.57. The summed E-state index contributed by atoms with van der Waals surface area (Å²) in [6, 6.07) is 7.68. The molecule has 27 heavy (non-hydrogen) atoms. The minimum atomic E-state index is -4.81. The van der Waals surface area contributed by atoms with Gasteiger partial charge in [0.1, 0.15) is 11.0 Å². The fourth-order valence-corrected chi connectivity index (χ4v) is 3.95. The van der Waals surface area contributed by atoms with Crippen LogP contribution in [-0.2, 0) is 16.0 Å². The largest absolute Gasteiger partial charge is 0.417 e. The summed E-state index contributed by atoms with van der Waals surface area (Å²) >= 11 is 5.81. The molecule has 0 saturated carbocycles. The van der Waals surface area contributed by atoms with Gasteiger partial charge in [-0.15, -0.1) is 0 Å². The van der Waals surface area contributed by atoms with Gasteiger partial charge in [0.15, 0.2) is 5.69 Å². The summed E-state index contributed by atoms with van der Waals surface area (Å²) in [5, 5.41) is 9.50. The number of nitrogens with zero attached hydrogens (tertiary/aromatic N) is 3. The summed E-state index contributed by atoms with van der Waals surface area (Å²) in [6.07, 6.45) is -3.15. The molecule has 0 N–H and O–H groups in total. The lowest BCUT2D eigenvalue weighted by molar-refractivity contribution is -0.138. The number of sulfone groups is 1. The van der Waals surface area contributed by atoms with Gasteiger partial charge in [0.05, 0.1) is 10.5 Å². The highest BCUT2D eigenvalue weighted by molar-refractivity contribution is 8.00. The monoisotopic (exact) mass is 415 g/mol. The number of hydrogen-bond acceptors (Lipinski definition) is 5. The van der Waals surface area contributed by atoms with E-state index in [-0.39, 0.29) is 10.5 Å². The number of alkyl halides is 3. The number of aromatic nitrogens is 1. The van der Waals surface area contributed by atoms with Gasteiger partial charge in [-0.3, -0.25) is 0 Å². The van der Waals surface area contributed by atoms with Crippen molar-refractivity contribution in [2.24, 2.45) is 0 Å². The second kappa shape index (κ2) is 7.58.